The molecule has 1 atom stereocenters. The largest absolute Gasteiger partial charge is 0.322 e. The zero-order valence-corrected chi connectivity index (χ0v) is 20.2. The molecule has 7 heteroatoms. The summed E-state index contributed by atoms with van der Waals surface area (Å²) in [7, 11) is 0. The van der Waals surface area contributed by atoms with E-state index >= 15 is 0 Å². The van der Waals surface area contributed by atoms with Gasteiger partial charge in [-0.05, 0) is 78.6 Å². The van der Waals surface area contributed by atoms with Crippen molar-refractivity contribution >= 4 is 41.1 Å². The van der Waals surface area contributed by atoms with Gasteiger partial charge in [0.05, 0.1) is 16.1 Å². The van der Waals surface area contributed by atoms with Crippen molar-refractivity contribution in [3.8, 4) is 0 Å². The highest BCUT2D eigenvalue weighted by atomic mass is 35.5. The molecule has 1 unspecified atom stereocenters. The molecule has 3 aromatic carbocycles. The second kappa shape index (κ2) is 9.70. The maximum absolute atomic E-state index is 13.9. The van der Waals surface area contributed by atoms with E-state index in [2.05, 4.69) is 11.4 Å². The van der Waals surface area contributed by atoms with Gasteiger partial charge in [0.2, 0.25) is 0 Å². The summed E-state index contributed by atoms with van der Waals surface area (Å²) in [4.78, 5) is 39.3. The standard InChI is InChI=1S/C29H24ClFN2O3/c30-24-15-21(32-27(35)23-6-2-3-7-25(23)31)9-10-22(24)28(36)33-14-13-29(12-11-19(16-29)18-34)17-20-5-1-4-8-26(20)33/h1-10,15-16,18H,11-14,17H2,(H,32,35). The molecule has 1 heterocycles. The lowest BCUT2D eigenvalue weighted by Crippen LogP contribution is -2.33. The summed E-state index contributed by atoms with van der Waals surface area (Å²) in [5.41, 5.74) is 3.15. The smallest absolute Gasteiger partial charge is 0.259 e. The molecule has 2 aliphatic rings. The first-order chi connectivity index (χ1) is 17.4. The SMILES string of the molecule is O=CC1=CC2(CC1)CCN(C(=O)c1ccc(NC(=O)c3ccccc3F)cc1Cl)c1ccccc1C2. The van der Waals surface area contributed by atoms with Gasteiger partial charge in [0.1, 0.15) is 12.1 Å². The van der Waals surface area contributed by atoms with Crippen molar-refractivity contribution in [3.05, 3.63) is 106 Å². The Morgan fingerprint density at radius 1 is 1.00 bits per heavy atom. The zero-order chi connectivity index (χ0) is 25.3. The van der Waals surface area contributed by atoms with Gasteiger partial charge in [-0.25, -0.2) is 4.39 Å². The van der Waals surface area contributed by atoms with E-state index in [4.69, 9.17) is 11.6 Å². The third-order valence-corrected chi connectivity index (χ3v) is 7.35. The number of amides is 2. The maximum Gasteiger partial charge on any atom is 0.259 e. The number of hydrogen-bond donors (Lipinski definition) is 1. The molecule has 1 N–H and O–H groups in total. The van der Waals surface area contributed by atoms with E-state index in [0.717, 1.165) is 48.8 Å². The Hall–Kier alpha value is -3.77. The van der Waals surface area contributed by atoms with Crippen molar-refractivity contribution in [2.24, 2.45) is 5.41 Å². The van der Waals surface area contributed by atoms with Crippen LogP contribution in [0, 0.1) is 11.2 Å². The highest BCUT2D eigenvalue weighted by Crippen LogP contribution is 2.45. The molecule has 0 aromatic heterocycles. The fraction of sp³-hybridized carbons (Fsp3) is 0.207. The van der Waals surface area contributed by atoms with Gasteiger partial charge in [0.15, 0.2) is 0 Å². The molecule has 1 spiro atoms. The highest BCUT2D eigenvalue weighted by Gasteiger charge is 2.38. The van der Waals surface area contributed by atoms with Crippen LogP contribution in [0.3, 0.4) is 0 Å². The molecule has 182 valence electrons. The Bertz CT molecular complexity index is 1400. The van der Waals surface area contributed by atoms with Crippen LogP contribution in [0.1, 0.15) is 45.5 Å². The van der Waals surface area contributed by atoms with Crippen LogP contribution in [-0.2, 0) is 11.2 Å². The molecule has 0 saturated heterocycles. The fourth-order valence-electron chi connectivity index (χ4n) is 5.17. The molecule has 2 amide bonds. The van der Waals surface area contributed by atoms with Crippen LogP contribution in [0.5, 0.6) is 0 Å². The number of anilines is 2. The second-order valence-electron chi connectivity index (χ2n) is 9.34. The molecule has 36 heavy (non-hydrogen) atoms. The number of aldehydes is 1. The third kappa shape index (κ3) is 4.56. The van der Waals surface area contributed by atoms with Gasteiger partial charge in [-0.1, -0.05) is 48.0 Å². The number of rotatable bonds is 4. The number of carbonyl (C=O) groups is 3. The number of nitrogens with zero attached hydrogens (tertiary/aromatic N) is 1. The van der Waals surface area contributed by atoms with E-state index in [1.54, 1.807) is 23.1 Å². The summed E-state index contributed by atoms with van der Waals surface area (Å²) in [5.74, 6) is -1.47. The van der Waals surface area contributed by atoms with Crippen molar-refractivity contribution in [1.29, 1.82) is 0 Å². The highest BCUT2D eigenvalue weighted by molar-refractivity contribution is 6.35. The average molecular weight is 503 g/mol. The lowest BCUT2D eigenvalue weighted by molar-refractivity contribution is -0.105. The van der Waals surface area contributed by atoms with E-state index in [-0.39, 0.29) is 21.9 Å². The summed E-state index contributed by atoms with van der Waals surface area (Å²) < 4.78 is 13.9. The number of carbonyl (C=O) groups excluding carboxylic acids is 3. The summed E-state index contributed by atoms with van der Waals surface area (Å²) in [6.45, 7) is 0.487. The van der Waals surface area contributed by atoms with Crippen LogP contribution in [0.15, 0.2) is 78.4 Å². The molecule has 1 aliphatic heterocycles. The van der Waals surface area contributed by atoms with E-state index in [9.17, 15) is 18.8 Å². The molecule has 0 saturated carbocycles. The van der Waals surface area contributed by atoms with Crippen LogP contribution in [0.4, 0.5) is 15.8 Å². The lowest BCUT2D eigenvalue weighted by atomic mass is 9.79. The first kappa shape index (κ1) is 23.9. The minimum Gasteiger partial charge on any atom is -0.322 e. The topological polar surface area (TPSA) is 66.5 Å². The number of benzene rings is 3. The van der Waals surface area contributed by atoms with Gasteiger partial charge >= 0.3 is 0 Å². The quantitative estimate of drug-likeness (QED) is 0.430. The van der Waals surface area contributed by atoms with Crippen LogP contribution in [0.2, 0.25) is 5.02 Å². The van der Waals surface area contributed by atoms with E-state index in [1.165, 1.54) is 24.3 Å². The van der Waals surface area contributed by atoms with Gasteiger partial charge < -0.3 is 10.2 Å². The summed E-state index contributed by atoms with van der Waals surface area (Å²) in [5, 5.41) is 2.82. The number of para-hydroxylation sites is 1. The Balaban J connectivity index is 1.40. The molecule has 0 fully saturated rings. The Morgan fingerprint density at radius 2 is 1.78 bits per heavy atom. The molecular weight excluding hydrogens is 479 g/mol. The van der Waals surface area contributed by atoms with Gasteiger partial charge in [0, 0.05) is 17.9 Å². The Labute approximate surface area is 213 Å². The lowest BCUT2D eigenvalue weighted by Gasteiger charge is -2.26. The van der Waals surface area contributed by atoms with Crippen molar-refractivity contribution in [2.75, 3.05) is 16.8 Å². The Morgan fingerprint density at radius 3 is 2.53 bits per heavy atom. The van der Waals surface area contributed by atoms with E-state index in [0.29, 0.717) is 17.8 Å². The monoisotopic (exact) mass is 502 g/mol. The van der Waals surface area contributed by atoms with Crippen molar-refractivity contribution in [3.63, 3.8) is 0 Å². The minimum absolute atomic E-state index is 0.0809. The van der Waals surface area contributed by atoms with Crippen molar-refractivity contribution in [2.45, 2.75) is 25.7 Å². The van der Waals surface area contributed by atoms with Gasteiger partial charge in [-0.2, -0.15) is 0 Å². The molecular formula is C29H24ClFN2O3. The van der Waals surface area contributed by atoms with Crippen molar-refractivity contribution < 1.29 is 18.8 Å². The third-order valence-electron chi connectivity index (χ3n) is 7.03. The number of halogens is 2. The van der Waals surface area contributed by atoms with Crippen LogP contribution in [0.25, 0.3) is 0 Å². The van der Waals surface area contributed by atoms with Gasteiger partial charge in [-0.3, -0.25) is 14.4 Å². The molecule has 0 radical (unpaired) electrons. The normalized spacial score (nSPS) is 18.8. The molecule has 1 aliphatic carbocycles. The summed E-state index contributed by atoms with van der Waals surface area (Å²) >= 11 is 6.51. The second-order valence-corrected chi connectivity index (χ2v) is 9.75. The fourth-order valence-corrected chi connectivity index (χ4v) is 5.43. The van der Waals surface area contributed by atoms with Gasteiger partial charge in [-0.15, -0.1) is 0 Å². The first-order valence-electron chi connectivity index (χ1n) is 11.8. The number of allylic oxidation sites excluding steroid dienone is 2. The van der Waals surface area contributed by atoms with E-state index < -0.39 is 11.7 Å². The zero-order valence-electron chi connectivity index (χ0n) is 19.5. The summed E-state index contributed by atoms with van der Waals surface area (Å²) in [6.07, 6.45) is 6.16. The van der Waals surface area contributed by atoms with Crippen molar-refractivity contribution in [1.82, 2.24) is 0 Å². The predicted octanol–water partition coefficient (Wildman–Crippen LogP) is 6.23. The van der Waals surface area contributed by atoms with Crippen LogP contribution >= 0.6 is 11.6 Å². The molecule has 5 rings (SSSR count). The number of nitrogens with one attached hydrogen (secondary N) is 1. The molecule has 0 bridgehead atoms. The molecule has 5 nitrogen and oxygen atoms in total. The maximum atomic E-state index is 13.9. The number of fused-ring (bicyclic) bond motifs is 1. The predicted molar refractivity (Wildman–Crippen MR) is 138 cm³/mol. The first-order valence-corrected chi connectivity index (χ1v) is 12.2. The van der Waals surface area contributed by atoms with Crippen LogP contribution in [-0.4, -0.2) is 24.6 Å². The number of hydrogen-bond acceptors (Lipinski definition) is 3. The minimum atomic E-state index is -0.622. The average Bonchev–Trinajstić information content (AvgIpc) is 3.20. The summed E-state index contributed by atoms with van der Waals surface area (Å²) in [6, 6.07) is 18.2. The van der Waals surface area contributed by atoms with E-state index in [1.807, 2.05) is 24.3 Å². The Kier molecular flexibility index (Phi) is 6.46. The van der Waals surface area contributed by atoms with Crippen LogP contribution < -0.4 is 10.2 Å². The van der Waals surface area contributed by atoms with Gasteiger partial charge in [0.25, 0.3) is 11.8 Å². The molecule has 3 aromatic rings.